The van der Waals surface area contributed by atoms with E-state index in [0.717, 1.165) is 48.5 Å². The van der Waals surface area contributed by atoms with Gasteiger partial charge in [0.15, 0.2) is 11.5 Å². The summed E-state index contributed by atoms with van der Waals surface area (Å²) in [5, 5.41) is 3.44. The fraction of sp³-hybridized carbons (Fsp3) is 0.625. The zero-order valence-corrected chi connectivity index (χ0v) is 14.4. The molecule has 1 saturated heterocycles. The Balaban J connectivity index is 1.94. The monoisotopic (exact) mass is 357 g/mol. The van der Waals surface area contributed by atoms with Gasteiger partial charge in [0.2, 0.25) is 0 Å². The van der Waals surface area contributed by atoms with Crippen LogP contribution in [0.25, 0.3) is 0 Å². The molecule has 0 unspecified atom stereocenters. The summed E-state index contributed by atoms with van der Waals surface area (Å²) in [6.45, 7) is 5.36. The molecular formula is C16H24BrNO3. The number of hydrogen-bond acceptors (Lipinski definition) is 4. The van der Waals surface area contributed by atoms with Crippen LogP contribution in [-0.2, 0) is 11.3 Å². The Kier molecular flexibility index (Phi) is 6.80. The minimum absolute atomic E-state index is 0.363. The van der Waals surface area contributed by atoms with Crippen LogP contribution in [0.2, 0.25) is 0 Å². The van der Waals surface area contributed by atoms with Crippen LogP contribution in [0.3, 0.4) is 0 Å². The van der Waals surface area contributed by atoms with Gasteiger partial charge in [0.05, 0.1) is 24.3 Å². The van der Waals surface area contributed by atoms with Gasteiger partial charge in [-0.1, -0.05) is 6.92 Å². The smallest absolute Gasteiger partial charge is 0.175 e. The van der Waals surface area contributed by atoms with Crippen molar-refractivity contribution in [2.24, 2.45) is 0 Å². The van der Waals surface area contributed by atoms with Crippen LogP contribution in [0.4, 0.5) is 0 Å². The molecule has 0 amide bonds. The second kappa shape index (κ2) is 8.61. The van der Waals surface area contributed by atoms with Gasteiger partial charge in [-0.2, -0.15) is 0 Å². The Labute approximate surface area is 135 Å². The van der Waals surface area contributed by atoms with Gasteiger partial charge in [-0.3, -0.25) is 0 Å². The van der Waals surface area contributed by atoms with Crippen molar-refractivity contribution in [2.75, 3.05) is 26.9 Å². The Morgan fingerprint density at radius 2 is 2.29 bits per heavy atom. The first-order valence-electron chi connectivity index (χ1n) is 7.56. The van der Waals surface area contributed by atoms with Gasteiger partial charge in [-0.15, -0.1) is 0 Å². The van der Waals surface area contributed by atoms with E-state index in [0.29, 0.717) is 12.7 Å². The maximum absolute atomic E-state index is 5.74. The predicted molar refractivity (Wildman–Crippen MR) is 87.2 cm³/mol. The van der Waals surface area contributed by atoms with Gasteiger partial charge in [0, 0.05) is 19.7 Å². The average molecular weight is 358 g/mol. The zero-order valence-electron chi connectivity index (χ0n) is 12.8. The van der Waals surface area contributed by atoms with Crippen LogP contribution in [0, 0.1) is 0 Å². The highest BCUT2D eigenvalue weighted by molar-refractivity contribution is 9.10. The summed E-state index contributed by atoms with van der Waals surface area (Å²) in [5.41, 5.74) is 1.17. The summed E-state index contributed by atoms with van der Waals surface area (Å²) in [5.74, 6) is 1.55. The predicted octanol–water partition coefficient (Wildman–Crippen LogP) is 3.52. The largest absolute Gasteiger partial charge is 0.493 e. The van der Waals surface area contributed by atoms with Crippen LogP contribution < -0.4 is 14.8 Å². The topological polar surface area (TPSA) is 39.7 Å². The van der Waals surface area contributed by atoms with E-state index in [-0.39, 0.29) is 0 Å². The van der Waals surface area contributed by atoms with Gasteiger partial charge in [0.1, 0.15) is 0 Å². The van der Waals surface area contributed by atoms with E-state index in [2.05, 4.69) is 34.2 Å². The maximum atomic E-state index is 5.74. The normalized spacial score (nSPS) is 18.0. The number of halogens is 1. The lowest BCUT2D eigenvalue weighted by Gasteiger charge is -2.15. The second-order valence-corrected chi connectivity index (χ2v) is 6.08. The van der Waals surface area contributed by atoms with E-state index in [1.165, 1.54) is 12.0 Å². The summed E-state index contributed by atoms with van der Waals surface area (Å²) in [6.07, 6.45) is 3.67. The number of nitrogens with one attached hydrogen (secondary N) is 1. The number of methoxy groups -OCH3 is 1. The van der Waals surface area contributed by atoms with E-state index in [1.807, 2.05) is 6.07 Å². The third-order valence-corrected chi connectivity index (χ3v) is 4.05. The van der Waals surface area contributed by atoms with E-state index in [4.69, 9.17) is 14.2 Å². The Hall–Kier alpha value is -0.780. The van der Waals surface area contributed by atoms with Crippen LogP contribution in [0.1, 0.15) is 31.7 Å². The number of rotatable bonds is 8. The summed E-state index contributed by atoms with van der Waals surface area (Å²) < 4.78 is 17.7. The van der Waals surface area contributed by atoms with E-state index >= 15 is 0 Å². The summed E-state index contributed by atoms with van der Waals surface area (Å²) >= 11 is 3.57. The Bertz CT molecular complexity index is 447. The first kappa shape index (κ1) is 16.6. The highest BCUT2D eigenvalue weighted by Crippen LogP contribution is 2.36. The summed E-state index contributed by atoms with van der Waals surface area (Å²) in [7, 11) is 1.67. The van der Waals surface area contributed by atoms with Gasteiger partial charge in [0.25, 0.3) is 0 Å². The minimum Gasteiger partial charge on any atom is -0.493 e. The molecule has 1 aliphatic rings. The molecule has 0 radical (unpaired) electrons. The van der Waals surface area contributed by atoms with Crippen molar-refractivity contribution in [1.29, 1.82) is 0 Å². The molecule has 4 nitrogen and oxygen atoms in total. The van der Waals surface area contributed by atoms with Gasteiger partial charge < -0.3 is 19.5 Å². The molecule has 1 aromatic rings. The molecule has 1 aliphatic heterocycles. The van der Waals surface area contributed by atoms with Gasteiger partial charge in [-0.05, 0) is 52.9 Å². The summed E-state index contributed by atoms with van der Waals surface area (Å²) in [4.78, 5) is 0. The van der Waals surface area contributed by atoms with Crippen molar-refractivity contribution in [3.05, 3.63) is 22.2 Å². The number of ether oxygens (including phenoxy) is 3. The van der Waals surface area contributed by atoms with Crippen molar-refractivity contribution >= 4 is 15.9 Å². The lowest BCUT2D eigenvalue weighted by atomic mass is 10.2. The highest BCUT2D eigenvalue weighted by atomic mass is 79.9. The fourth-order valence-corrected chi connectivity index (χ4v) is 3.01. The van der Waals surface area contributed by atoms with E-state index in [1.54, 1.807) is 7.11 Å². The van der Waals surface area contributed by atoms with Crippen LogP contribution in [0.5, 0.6) is 11.5 Å². The van der Waals surface area contributed by atoms with Crippen molar-refractivity contribution < 1.29 is 14.2 Å². The Morgan fingerprint density at radius 1 is 1.43 bits per heavy atom. The molecule has 1 heterocycles. The minimum atomic E-state index is 0.363. The molecular weight excluding hydrogens is 334 g/mol. The molecule has 1 atom stereocenters. The third-order valence-electron chi connectivity index (χ3n) is 3.46. The molecule has 118 valence electrons. The van der Waals surface area contributed by atoms with Crippen molar-refractivity contribution in [3.63, 3.8) is 0 Å². The molecule has 1 N–H and O–H groups in total. The molecule has 2 rings (SSSR count). The molecule has 0 aliphatic carbocycles. The SMILES string of the molecule is CCCOc1c(Br)cc(CNC[C@H]2CCCO2)cc1OC. The molecule has 1 aromatic carbocycles. The zero-order chi connectivity index (χ0) is 15.1. The quantitative estimate of drug-likeness (QED) is 0.772. The first-order valence-corrected chi connectivity index (χ1v) is 8.35. The Morgan fingerprint density at radius 3 is 2.95 bits per heavy atom. The van der Waals surface area contributed by atoms with E-state index < -0.39 is 0 Å². The van der Waals surface area contributed by atoms with Crippen molar-refractivity contribution in [3.8, 4) is 11.5 Å². The highest BCUT2D eigenvalue weighted by Gasteiger charge is 2.15. The molecule has 0 aromatic heterocycles. The molecule has 21 heavy (non-hydrogen) atoms. The molecule has 1 fully saturated rings. The lowest BCUT2D eigenvalue weighted by molar-refractivity contribution is 0.110. The van der Waals surface area contributed by atoms with Crippen LogP contribution >= 0.6 is 15.9 Å². The lowest BCUT2D eigenvalue weighted by Crippen LogP contribution is -2.25. The van der Waals surface area contributed by atoms with Crippen molar-refractivity contribution in [2.45, 2.75) is 38.8 Å². The summed E-state index contributed by atoms with van der Waals surface area (Å²) in [6, 6.07) is 4.11. The first-order chi connectivity index (χ1) is 10.2. The molecule has 0 bridgehead atoms. The maximum Gasteiger partial charge on any atom is 0.175 e. The second-order valence-electron chi connectivity index (χ2n) is 5.22. The molecule has 0 saturated carbocycles. The standard InChI is InChI=1S/C16H24BrNO3/c1-3-6-21-16-14(17)8-12(9-15(16)19-2)10-18-11-13-5-4-7-20-13/h8-9,13,18H,3-7,10-11H2,1-2H3/t13-/m1/s1. The third kappa shape index (κ3) is 4.87. The molecule has 5 heteroatoms. The van der Waals surface area contributed by atoms with Crippen LogP contribution in [0.15, 0.2) is 16.6 Å². The number of hydrogen-bond donors (Lipinski definition) is 1. The van der Waals surface area contributed by atoms with E-state index in [9.17, 15) is 0 Å². The fourth-order valence-electron chi connectivity index (χ4n) is 2.40. The van der Waals surface area contributed by atoms with Crippen molar-refractivity contribution in [1.82, 2.24) is 5.32 Å². The van der Waals surface area contributed by atoms with Crippen LogP contribution in [-0.4, -0.2) is 33.0 Å². The van der Waals surface area contributed by atoms with Gasteiger partial charge in [-0.25, -0.2) is 0 Å². The van der Waals surface area contributed by atoms with Gasteiger partial charge >= 0.3 is 0 Å². The average Bonchev–Trinajstić information content (AvgIpc) is 2.99. The number of benzene rings is 1. The molecule has 0 spiro atoms.